The number of carbonyl (C=O) groups is 2. The van der Waals surface area contributed by atoms with Crippen LogP contribution in [0, 0.1) is 5.82 Å². The zero-order valence-electron chi connectivity index (χ0n) is 15.3. The average Bonchev–Trinajstić information content (AvgIpc) is 2.92. The van der Waals surface area contributed by atoms with Crippen molar-refractivity contribution in [2.45, 2.75) is 31.3 Å². The second-order valence-corrected chi connectivity index (χ2v) is 8.69. The molecule has 2 aromatic carbocycles. The van der Waals surface area contributed by atoms with Crippen LogP contribution in [0.1, 0.15) is 29.9 Å². The highest BCUT2D eigenvalue weighted by molar-refractivity contribution is 7.89. The fourth-order valence-electron chi connectivity index (χ4n) is 3.57. The van der Waals surface area contributed by atoms with Gasteiger partial charge in [0.05, 0.1) is 6.26 Å². The molecule has 28 heavy (non-hydrogen) atoms. The number of halogens is 1. The number of carbonyl (C=O) groups excluding carboxylic acids is 2. The van der Waals surface area contributed by atoms with Gasteiger partial charge < -0.3 is 4.90 Å². The van der Waals surface area contributed by atoms with E-state index < -0.39 is 22.0 Å². The zero-order chi connectivity index (χ0) is 20.3. The Morgan fingerprint density at radius 2 is 1.79 bits per heavy atom. The summed E-state index contributed by atoms with van der Waals surface area (Å²) in [7, 11) is -3.69. The first-order chi connectivity index (χ1) is 13.2. The molecule has 3 rings (SSSR count). The van der Waals surface area contributed by atoms with Gasteiger partial charge in [-0.05, 0) is 23.3 Å². The van der Waals surface area contributed by atoms with Gasteiger partial charge in [0, 0.05) is 31.3 Å². The molecule has 1 saturated heterocycles. The van der Waals surface area contributed by atoms with Gasteiger partial charge in [-0.25, -0.2) is 12.8 Å². The second-order valence-electron chi connectivity index (χ2n) is 6.94. The van der Waals surface area contributed by atoms with E-state index in [2.05, 4.69) is 0 Å². The fraction of sp³-hybridized carbons (Fsp3) is 0.300. The van der Waals surface area contributed by atoms with Crippen LogP contribution in [0.3, 0.4) is 0 Å². The van der Waals surface area contributed by atoms with Gasteiger partial charge >= 0.3 is 0 Å². The molecule has 148 valence electrons. The Hall–Kier alpha value is -2.74. The van der Waals surface area contributed by atoms with Gasteiger partial charge in [0.15, 0.2) is 0 Å². The third-order valence-electron chi connectivity index (χ3n) is 4.77. The van der Waals surface area contributed by atoms with Crippen LogP contribution in [0.2, 0.25) is 0 Å². The molecule has 2 atom stereocenters. The molecule has 2 amide bonds. The molecule has 1 fully saturated rings. The maximum atomic E-state index is 13.2. The zero-order valence-corrected chi connectivity index (χ0v) is 16.2. The number of rotatable bonds is 6. The van der Waals surface area contributed by atoms with Crippen molar-refractivity contribution in [1.82, 2.24) is 9.62 Å². The monoisotopic (exact) mass is 404 g/mol. The van der Waals surface area contributed by atoms with E-state index in [1.54, 1.807) is 17.0 Å². The van der Waals surface area contributed by atoms with Gasteiger partial charge in [-0.2, -0.15) is 0 Å². The molecule has 8 heteroatoms. The van der Waals surface area contributed by atoms with Crippen LogP contribution < -0.4 is 4.72 Å². The van der Waals surface area contributed by atoms with E-state index >= 15 is 0 Å². The summed E-state index contributed by atoms with van der Waals surface area (Å²) < 4.78 is 37.9. The minimum atomic E-state index is -3.69. The van der Waals surface area contributed by atoms with Gasteiger partial charge in [0.1, 0.15) is 5.82 Å². The summed E-state index contributed by atoms with van der Waals surface area (Å²) >= 11 is 0. The maximum Gasteiger partial charge on any atom is 0.235 e. The molecule has 1 heterocycles. The van der Waals surface area contributed by atoms with Gasteiger partial charge in [-0.3, -0.25) is 14.3 Å². The van der Waals surface area contributed by atoms with Crippen molar-refractivity contribution in [3.05, 3.63) is 71.5 Å². The number of hydrogen-bond acceptors (Lipinski definition) is 4. The predicted molar refractivity (Wildman–Crippen MR) is 102 cm³/mol. The Balaban J connectivity index is 1.88. The smallest absolute Gasteiger partial charge is 0.235 e. The Morgan fingerprint density at radius 1 is 1.14 bits per heavy atom. The van der Waals surface area contributed by atoms with Crippen LogP contribution in [0.25, 0.3) is 0 Å². The molecule has 6 nitrogen and oxygen atoms in total. The lowest BCUT2D eigenvalue weighted by Crippen LogP contribution is -2.40. The Bertz CT molecular complexity index is 961. The lowest BCUT2D eigenvalue weighted by molar-refractivity contribution is -0.130. The number of amides is 2. The highest BCUT2D eigenvalue weighted by atomic mass is 32.2. The van der Waals surface area contributed by atoms with E-state index in [0.717, 1.165) is 17.4 Å². The molecule has 0 bridgehead atoms. The Kier molecular flexibility index (Phi) is 5.79. The normalized spacial score (nSPS) is 19.6. The number of sulfonamides is 1. The van der Waals surface area contributed by atoms with Crippen molar-refractivity contribution >= 4 is 21.8 Å². The molecular weight excluding hydrogens is 383 g/mol. The number of benzene rings is 2. The highest BCUT2D eigenvalue weighted by Crippen LogP contribution is 2.37. The van der Waals surface area contributed by atoms with E-state index in [4.69, 9.17) is 0 Å². The molecule has 2 unspecified atom stereocenters. The molecule has 1 aliphatic heterocycles. The molecule has 0 aliphatic carbocycles. The molecule has 0 aromatic heterocycles. The van der Waals surface area contributed by atoms with Crippen molar-refractivity contribution in [2.75, 3.05) is 6.26 Å². The van der Waals surface area contributed by atoms with Crippen LogP contribution in [-0.2, 0) is 26.2 Å². The summed E-state index contributed by atoms with van der Waals surface area (Å²) in [6, 6.07) is 14.7. The molecule has 1 N–H and O–H groups in total. The molecule has 0 spiro atoms. The molecule has 1 aliphatic rings. The first kappa shape index (κ1) is 20.0. The third kappa shape index (κ3) is 4.95. The summed E-state index contributed by atoms with van der Waals surface area (Å²) in [6.45, 7) is 0.221. The van der Waals surface area contributed by atoms with Crippen molar-refractivity contribution in [1.29, 1.82) is 0 Å². The van der Waals surface area contributed by atoms with E-state index in [9.17, 15) is 22.4 Å². The van der Waals surface area contributed by atoms with Gasteiger partial charge in [0.2, 0.25) is 21.8 Å². The van der Waals surface area contributed by atoms with Crippen LogP contribution in [0.4, 0.5) is 4.39 Å². The summed E-state index contributed by atoms with van der Waals surface area (Å²) in [5, 5.41) is 0. The average molecular weight is 404 g/mol. The van der Waals surface area contributed by atoms with Crippen LogP contribution in [0.5, 0.6) is 0 Å². The second kappa shape index (κ2) is 8.10. The first-order valence-corrected chi connectivity index (χ1v) is 10.7. The van der Waals surface area contributed by atoms with Crippen LogP contribution in [-0.4, -0.2) is 37.4 Å². The summed E-state index contributed by atoms with van der Waals surface area (Å²) in [5.41, 5.74) is 1.64. The van der Waals surface area contributed by atoms with E-state index in [1.807, 2.05) is 35.1 Å². The first-order valence-electron chi connectivity index (χ1n) is 8.82. The number of nitrogens with zero attached hydrogens (tertiary/aromatic N) is 1. The molecule has 2 aromatic rings. The van der Waals surface area contributed by atoms with Crippen molar-refractivity contribution in [3.8, 4) is 0 Å². The lowest BCUT2D eigenvalue weighted by atomic mass is 9.89. The number of hydrogen-bond donors (Lipinski definition) is 1. The van der Waals surface area contributed by atoms with Crippen molar-refractivity contribution < 1.29 is 22.4 Å². The minimum absolute atomic E-state index is 0.129. The van der Waals surface area contributed by atoms with Crippen LogP contribution in [0.15, 0.2) is 54.6 Å². The maximum absolute atomic E-state index is 13.2. The summed E-state index contributed by atoms with van der Waals surface area (Å²) in [6.07, 6.45) is 0.997. The summed E-state index contributed by atoms with van der Waals surface area (Å²) in [5.74, 6) is -1.40. The predicted octanol–water partition coefficient (Wildman–Crippen LogP) is 2.18. The standard InChI is InChI=1S/C20H21FN2O4S/c1-28(26,27)22-19(24)12-18-17(15-5-3-2-4-6-15)11-20(25)23(18)13-14-7-9-16(21)10-8-14/h2-10,17-18H,11-13H2,1H3,(H,22,24). The highest BCUT2D eigenvalue weighted by Gasteiger charge is 2.41. The third-order valence-corrected chi connectivity index (χ3v) is 5.37. The number of nitrogens with one attached hydrogen (secondary N) is 1. The van der Waals surface area contributed by atoms with Crippen LogP contribution >= 0.6 is 0 Å². The van der Waals surface area contributed by atoms with Gasteiger partial charge in [-0.1, -0.05) is 42.5 Å². The largest absolute Gasteiger partial charge is 0.334 e. The van der Waals surface area contributed by atoms with E-state index in [1.165, 1.54) is 12.1 Å². The van der Waals surface area contributed by atoms with E-state index in [-0.39, 0.29) is 37.0 Å². The van der Waals surface area contributed by atoms with Crippen molar-refractivity contribution in [2.24, 2.45) is 0 Å². The molecule has 0 saturated carbocycles. The number of likely N-dealkylation sites (tertiary alicyclic amines) is 1. The Labute approximate surface area is 163 Å². The fourth-order valence-corrected chi connectivity index (χ4v) is 4.06. The Morgan fingerprint density at radius 3 is 2.39 bits per heavy atom. The van der Waals surface area contributed by atoms with Crippen molar-refractivity contribution in [3.63, 3.8) is 0 Å². The molecule has 0 radical (unpaired) electrons. The minimum Gasteiger partial charge on any atom is -0.334 e. The van der Waals surface area contributed by atoms with E-state index in [0.29, 0.717) is 0 Å². The quantitative estimate of drug-likeness (QED) is 0.800. The van der Waals surface area contributed by atoms with Gasteiger partial charge in [-0.15, -0.1) is 0 Å². The SMILES string of the molecule is CS(=O)(=O)NC(=O)CC1C(c2ccccc2)CC(=O)N1Cc1ccc(F)cc1. The lowest BCUT2D eigenvalue weighted by Gasteiger charge is -2.28. The molecular formula is C20H21FN2O4S. The topological polar surface area (TPSA) is 83.5 Å². The summed E-state index contributed by atoms with van der Waals surface area (Å²) in [4.78, 5) is 26.5. The van der Waals surface area contributed by atoms with Gasteiger partial charge in [0.25, 0.3) is 0 Å².